The van der Waals surface area contributed by atoms with Gasteiger partial charge in [-0.05, 0) is 31.7 Å². The maximum Gasteiger partial charge on any atom is 0.212 e. The zero-order chi connectivity index (χ0) is 13.9. The lowest BCUT2D eigenvalue weighted by molar-refractivity contribution is 0.398. The van der Waals surface area contributed by atoms with Gasteiger partial charge in [0.1, 0.15) is 5.82 Å². The molecular weight excluding hydrogens is 252 g/mol. The fraction of sp³-hybridized carbons (Fsp3) is 0.400. The number of nitrogens with zero attached hydrogens (tertiary/aromatic N) is 3. The number of fused-ring (bicyclic) bond motifs is 1. The summed E-state index contributed by atoms with van der Waals surface area (Å²) in [5.74, 6) is 1.84. The zero-order valence-corrected chi connectivity index (χ0v) is 11.6. The molecule has 0 spiro atoms. The van der Waals surface area contributed by atoms with Crippen LogP contribution in [0.4, 0.5) is 5.82 Å². The van der Waals surface area contributed by atoms with E-state index < -0.39 is 0 Å². The highest BCUT2D eigenvalue weighted by atomic mass is 16.5. The predicted molar refractivity (Wildman–Crippen MR) is 77.5 cm³/mol. The van der Waals surface area contributed by atoms with Crippen LogP contribution in [0.1, 0.15) is 30.5 Å². The molecule has 1 aliphatic rings. The Hall–Kier alpha value is -2.17. The van der Waals surface area contributed by atoms with Crippen LogP contribution in [-0.4, -0.2) is 22.1 Å². The third-order valence-corrected chi connectivity index (χ3v) is 3.67. The molecule has 1 aliphatic carbocycles. The first-order valence-corrected chi connectivity index (χ1v) is 6.93. The minimum atomic E-state index is 0.580. The molecule has 0 aliphatic heterocycles. The molecule has 2 N–H and O–H groups in total. The van der Waals surface area contributed by atoms with Gasteiger partial charge in [0, 0.05) is 29.1 Å². The van der Waals surface area contributed by atoms with Crippen molar-refractivity contribution in [3.63, 3.8) is 0 Å². The van der Waals surface area contributed by atoms with Crippen LogP contribution in [0.5, 0.6) is 5.88 Å². The summed E-state index contributed by atoms with van der Waals surface area (Å²) in [4.78, 5) is 13.3. The number of rotatable bonds is 2. The average Bonchev–Trinajstić information content (AvgIpc) is 2.73. The van der Waals surface area contributed by atoms with Crippen molar-refractivity contribution in [1.29, 1.82) is 0 Å². The van der Waals surface area contributed by atoms with Gasteiger partial charge >= 0.3 is 0 Å². The number of hydrogen-bond acceptors (Lipinski definition) is 5. The van der Waals surface area contributed by atoms with Gasteiger partial charge in [0.15, 0.2) is 5.82 Å². The largest absolute Gasteiger partial charge is 0.481 e. The lowest BCUT2D eigenvalue weighted by atomic mass is 10.1. The van der Waals surface area contributed by atoms with Crippen molar-refractivity contribution in [3.8, 4) is 17.3 Å². The van der Waals surface area contributed by atoms with Crippen molar-refractivity contribution in [2.24, 2.45) is 0 Å². The summed E-state index contributed by atoms with van der Waals surface area (Å²) < 4.78 is 5.06. The molecule has 2 aromatic rings. The number of ether oxygens (including phenoxy) is 1. The fourth-order valence-electron chi connectivity index (χ4n) is 2.56. The SMILES string of the molecule is COc1ccc(-c2nc(N)c3c(n2)CCCCC3)cn1. The maximum atomic E-state index is 6.11. The van der Waals surface area contributed by atoms with E-state index in [2.05, 4.69) is 15.0 Å². The molecule has 0 atom stereocenters. The quantitative estimate of drug-likeness (QED) is 0.848. The van der Waals surface area contributed by atoms with Gasteiger partial charge in [-0.2, -0.15) is 0 Å². The molecule has 0 unspecified atom stereocenters. The van der Waals surface area contributed by atoms with Crippen LogP contribution in [0.15, 0.2) is 18.3 Å². The van der Waals surface area contributed by atoms with Gasteiger partial charge in [-0.25, -0.2) is 15.0 Å². The molecular formula is C15H18N4O. The third-order valence-electron chi connectivity index (χ3n) is 3.67. The van der Waals surface area contributed by atoms with E-state index in [1.165, 1.54) is 19.3 Å². The predicted octanol–water partition coefficient (Wildman–Crippen LogP) is 2.40. The average molecular weight is 270 g/mol. The molecule has 0 amide bonds. The number of pyridine rings is 1. The van der Waals surface area contributed by atoms with Crippen LogP contribution in [0.2, 0.25) is 0 Å². The van der Waals surface area contributed by atoms with Gasteiger partial charge in [0.05, 0.1) is 7.11 Å². The Morgan fingerprint density at radius 2 is 1.95 bits per heavy atom. The highest BCUT2D eigenvalue weighted by Crippen LogP contribution is 2.26. The first kappa shape index (κ1) is 12.8. The molecule has 104 valence electrons. The molecule has 5 nitrogen and oxygen atoms in total. The summed E-state index contributed by atoms with van der Waals surface area (Å²) in [6.07, 6.45) is 7.26. The van der Waals surface area contributed by atoms with Gasteiger partial charge in [0.2, 0.25) is 5.88 Å². The van der Waals surface area contributed by atoms with E-state index in [4.69, 9.17) is 10.5 Å². The van der Waals surface area contributed by atoms with Crippen molar-refractivity contribution in [2.45, 2.75) is 32.1 Å². The first-order valence-electron chi connectivity index (χ1n) is 6.93. The molecule has 5 heteroatoms. The lowest BCUT2D eigenvalue weighted by Gasteiger charge is -2.10. The highest BCUT2D eigenvalue weighted by molar-refractivity contribution is 5.58. The fourth-order valence-corrected chi connectivity index (χ4v) is 2.56. The Kier molecular flexibility index (Phi) is 3.50. The van der Waals surface area contributed by atoms with E-state index in [9.17, 15) is 0 Å². The second-order valence-electron chi connectivity index (χ2n) is 5.01. The number of nitrogen functional groups attached to an aromatic ring is 1. The van der Waals surface area contributed by atoms with Crippen LogP contribution in [0.3, 0.4) is 0 Å². The zero-order valence-electron chi connectivity index (χ0n) is 11.6. The van der Waals surface area contributed by atoms with Crippen molar-refractivity contribution >= 4 is 5.82 Å². The van der Waals surface area contributed by atoms with Gasteiger partial charge < -0.3 is 10.5 Å². The van der Waals surface area contributed by atoms with E-state index in [1.54, 1.807) is 19.4 Å². The smallest absolute Gasteiger partial charge is 0.212 e. The van der Waals surface area contributed by atoms with E-state index in [1.807, 2.05) is 6.07 Å². The first-order chi connectivity index (χ1) is 9.78. The van der Waals surface area contributed by atoms with Crippen molar-refractivity contribution in [3.05, 3.63) is 29.6 Å². The summed E-state index contributed by atoms with van der Waals surface area (Å²) in [5.41, 5.74) is 9.20. The van der Waals surface area contributed by atoms with E-state index >= 15 is 0 Å². The second-order valence-corrected chi connectivity index (χ2v) is 5.01. The molecule has 2 heterocycles. The summed E-state index contributed by atoms with van der Waals surface area (Å²) in [5, 5.41) is 0. The Bertz CT molecular complexity index is 610. The van der Waals surface area contributed by atoms with Crippen molar-refractivity contribution in [2.75, 3.05) is 12.8 Å². The van der Waals surface area contributed by atoms with Gasteiger partial charge in [-0.15, -0.1) is 0 Å². The van der Waals surface area contributed by atoms with Crippen LogP contribution in [-0.2, 0) is 12.8 Å². The summed E-state index contributed by atoms with van der Waals surface area (Å²) in [6.45, 7) is 0. The van der Waals surface area contributed by atoms with Gasteiger partial charge in [-0.1, -0.05) is 6.42 Å². The molecule has 0 fully saturated rings. The number of hydrogen-bond donors (Lipinski definition) is 1. The lowest BCUT2D eigenvalue weighted by Crippen LogP contribution is -2.06. The minimum Gasteiger partial charge on any atom is -0.481 e. The van der Waals surface area contributed by atoms with Crippen LogP contribution < -0.4 is 10.5 Å². The monoisotopic (exact) mass is 270 g/mol. The number of aryl methyl sites for hydroxylation is 1. The highest BCUT2D eigenvalue weighted by Gasteiger charge is 2.16. The summed E-state index contributed by atoms with van der Waals surface area (Å²) >= 11 is 0. The number of methoxy groups -OCH3 is 1. The van der Waals surface area contributed by atoms with Gasteiger partial charge in [0.25, 0.3) is 0 Å². The van der Waals surface area contributed by atoms with Crippen LogP contribution >= 0.6 is 0 Å². The molecule has 0 radical (unpaired) electrons. The summed E-state index contributed by atoms with van der Waals surface area (Å²) in [7, 11) is 1.60. The van der Waals surface area contributed by atoms with Crippen LogP contribution in [0.25, 0.3) is 11.4 Å². The molecule has 2 aromatic heterocycles. The standard InChI is InChI=1S/C15H18N4O/c1-20-13-8-7-10(9-17-13)15-18-12-6-4-2-3-5-11(12)14(16)19-15/h7-9H,2-6H2,1H3,(H2,16,18,19). The molecule has 3 rings (SSSR count). The third kappa shape index (κ3) is 2.43. The Labute approximate surface area is 118 Å². The van der Waals surface area contributed by atoms with Gasteiger partial charge in [-0.3, -0.25) is 0 Å². The maximum absolute atomic E-state index is 6.11. The number of aromatic nitrogens is 3. The summed E-state index contributed by atoms with van der Waals surface area (Å²) in [6, 6.07) is 3.71. The normalized spacial score (nSPS) is 14.4. The molecule has 0 saturated heterocycles. The molecule has 0 aromatic carbocycles. The van der Waals surface area contributed by atoms with E-state index in [0.29, 0.717) is 17.5 Å². The topological polar surface area (TPSA) is 73.9 Å². The Balaban J connectivity index is 2.01. The molecule has 0 saturated carbocycles. The molecule has 20 heavy (non-hydrogen) atoms. The second kappa shape index (κ2) is 5.45. The Morgan fingerprint density at radius 1 is 1.10 bits per heavy atom. The van der Waals surface area contributed by atoms with Crippen molar-refractivity contribution < 1.29 is 4.74 Å². The van der Waals surface area contributed by atoms with E-state index in [-0.39, 0.29) is 0 Å². The Morgan fingerprint density at radius 3 is 2.70 bits per heavy atom. The van der Waals surface area contributed by atoms with Crippen molar-refractivity contribution in [1.82, 2.24) is 15.0 Å². The number of nitrogens with two attached hydrogens (primary N) is 1. The van der Waals surface area contributed by atoms with E-state index in [0.717, 1.165) is 29.7 Å². The van der Waals surface area contributed by atoms with Crippen LogP contribution in [0, 0.1) is 0 Å². The molecule has 0 bridgehead atoms. The minimum absolute atomic E-state index is 0.580. The number of anilines is 1.